The number of hydrogen-bond donors (Lipinski definition) is 1. The summed E-state index contributed by atoms with van der Waals surface area (Å²) in [5.41, 5.74) is 4.93. The first-order valence-corrected chi connectivity index (χ1v) is 9.75. The van der Waals surface area contributed by atoms with E-state index >= 15 is 0 Å². The van der Waals surface area contributed by atoms with Crippen molar-refractivity contribution in [3.8, 4) is 0 Å². The molecule has 4 nitrogen and oxygen atoms in total. The molecule has 0 bridgehead atoms. The molecule has 28 heavy (non-hydrogen) atoms. The maximum absolute atomic E-state index is 12.8. The quantitative estimate of drug-likeness (QED) is 0.819. The molecule has 0 aliphatic heterocycles. The molecule has 0 saturated heterocycles. The summed E-state index contributed by atoms with van der Waals surface area (Å²) in [5, 5.41) is 9.01. The summed E-state index contributed by atoms with van der Waals surface area (Å²) in [7, 11) is 1.73. The number of amides is 1. The summed E-state index contributed by atoms with van der Waals surface area (Å²) in [6.45, 7) is 9.15. The monoisotopic (exact) mass is 379 g/mol. The van der Waals surface area contributed by atoms with Crippen molar-refractivity contribution in [3.63, 3.8) is 0 Å². The molecule has 0 atom stereocenters. The number of carbonyl (C=O) groups is 2. The predicted molar refractivity (Wildman–Crippen MR) is 112 cm³/mol. The van der Waals surface area contributed by atoms with E-state index in [2.05, 4.69) is 45.9 Å². The summed E-state index contributed by atoms with van der Waals surface area (Å²) in [6.07, 6.45) is 2.63. The van der Waals surface area contributed by atoms with Crippen LogP contribution in [-0.4, -0.2) is 24.0 Å². The van der Waals surface area contributed by atoms with Gasteiger partial charge in [0.1, 0.15) is 0 Å². The number of benzene rings is 2. The molecular weight excluding hydrogens is 350 g/mol. The van der Waals surface area contributed by atoms with Crippen molar-refractivity contribution in [1.29, 1.82) is 0 Å². The smallest absolute Gasteiger partial charge is 0.335 e. The minimum atomic E-state index is -0.972. The number of likely N-dealkylation sites (N-methyl/N-ethyl adjacent to an activating group) is 1. The number of anilines is 1. The Morgan fingerprint density at radius 1 is 0.929 bits per heavy atom. The van der Waals surface area contributed by atoms with E-state index in [0.29, 0.717) is 12.1 Å². The molecule has 0 unspecified atom stereocenters. The van der Waals surface area contributed by atoms with Crippen molar-refractivity contribution < 1.29 is 14.7 Å². The van der Waals surface area contributed by atoms with E-state index in [9.17, 15) is 9.59 Å². The number of hydrogen-bond acceptors (Lipinski definition) is 2. The highest BCUT2D eigenvalue weighted by atomic mass is 16.4. The Morgan fingerprint density at radius 3 is 2.07 bits per heavy atom. The Kier molecular flexibility index (Phi) is 5.09. The Bertz CT molecular complexity index is 910. The van der Waals surface area contributed by atoms with E-state index in [-0.39, 0.29) is 22.3 Å². The van der Waals surface area contributed by atoms with E-state index in [1.165, 1.54) is 29.7 Å². The fraction of sp³-hybridized carbons (Fsp3) is 0.417. The van der Waals surface area contributed by atoms with Gasteiger partial charge in [0.15, 0.2) is 0 Å². The lowest BCUT2D eigenvalue weighted by Gasteiger charge is -2.42. The lowest BCUT2D eigenvalue weighted by atomic mass is 9.63. The number of nitrogens with zero attached hydrogens (tertiary/aromatic N) is 1. The van der Waals surface area contributed by atoms with Crippen molar-refractivity contribution in [2.45, 2.75) is 57.8 Å². The molecule has 1 amide bonds. The van der Waals surface area contributed by atoms with Crippen molar-refractivity contribution >= 4 is 17.6 Å². The van der Waals surface area contributed by atoms with Crippen molar-refractivity contribution in [2.24, 2.45) is 0 Å². The zero-order valence-corrected chi connectivity index (χ0v) is 17.4. The highest BCUT2D eigenvalue weighted by Crippen LogP contribution is 2.45. The zero-order chi connectivity index (χ0) is 20.7. The maximum atomic E-state index is 12.8. The van der Waals surface area contributed by atoms with Gasteiger partial charge in [-0.05, 0) is 64.6 Å². The maximum Gasteiger partial charge on any atom is 0.335 e. The van der Waals surface area contributed by atoms with E-state index in [1.54, 1.807) is 24.1 Å². The molecule has 0 heterocycles. The first-order valence-electron chi connectivity index (χ1n) is 9.75. The standard InChI is InChI=1S/C24H29NO3/c1-23(2)12-13-24(3,4)20-14-16(6-11-19(20)23)15-21(26)25(5)18-9-7-17(8-10-18)22(27)28/h6-11,14H,12-13,15H2,1-5H3,(H,27,28). The van der Waals surface area contributed by atoms with Crippen LogP contribution in [0.15, 0.2) is 42.5 Å². The minimum Gasteiger partial charge on any atom is -0.478 e. The zero-order valence-electron chi connectivity index (χ0n) is 17.4. The van der Waals surface area contributed by atoms with Gasteiger partial charge in [0, 0.05) is 12.7 Å². The van der Waals surface area contributed by atoms with Crippen LogP contribution in [0.5, 0.6) is 0 Å². The van der Waals surface area contributed by atoms with Gasteiger partial charge < -0.3 is 10.0 Å². The van der Waals surface area contributed by atoms with Crippen LogP contribution in [0.25, 0.3) is 0 Å². The van der Waals surface area contributed by atoms with Gasteiger partial charge in [-0.25, -0.2) is 4.79 Å². The van der Waals surface area contributed by atoms with Crippen LogP contribution in [0, 0.1) is 0 Å². The predicted octanol–water partition coefficient (Wildman–Crippen LogP) is 4.94. The second kappa shape index (κ2) is 7.08. The molecule has 1 aliphatic rings. The Morgan fingerprint density at radius 2 is 1.50 bits per heavy atom. The van der Waals surface area contributed by atoms with Gasteiger partial charge in [-0.15, -0.1) is 0 Å². The summed E-state index contributed by atoms with van der Waals surface area (Å²) in [6, 6.07) is 12.8. The first-order chi connectivity index (χ1) is 13.0. The third kappa shape index (κ3) is 3.82. The lowest BCUT2D eigenvalue weighted by molar-refractivity contribution is -0.117. The van der Waals surface area contributed by atoms with Crippen LogP contribution < -0.4 is 4.90 Å². The van der Waals surface area contributed by atoms with Crippen LogP contribution in [0.1, 0.15) is 67.6 Å². The molecule has 3 rings (SSSR count). The van der Waals surface area contributed by atoms with Crippen molar-refractivity contribution in [1.82, 2.24) is 0 Å². The van der Waals surface area contributed by atoms with Gasteiger partial charge in [-0.2, -0.15) is 0 Å². The molecule has 1 aliphatic carbocycles. The topological polar surface area (TPSA) is 57.6 Å². The third-order valence-electron chi connectivity index (χ3n) is 6.15. The van der Waals surface area contributed by atoms with E-state index in [4.69, 9.17) is 5.11 Å². The number of aromatic carboxylic acids is 1. The number of rotatable bonds is 4. The molecule has 1 N–H and O–H groups in total. The summed E-state index contributed by atoms with van der Waals surface area (Å²) < 4.78 is 0. The first kappa shape index (κ1) is 20.1. The van der Waals surface area contributed by atoms with E-state index in [1.807, 2.05) is 0 Å². The Labute approximate surface area is 167 Å². The second-order valence-electron chi connectivity index (χ2n) is 9.13. The van der Waals surface area contributed by atoms with Crippen LogP contribution in [0.4, 0.5) is 5.69 Å². The average molecular weight is 380 g/mol. The summed E-state index contributed by atoms with van der Waals surface area (Å²) in [4.78, 5) is 25.4. The molecular formula is C24H29NO3. The molecule has 0 spiro atoms. The number of carboxylic acid groups (broad SMARTS) is 1. The van der Waals surface area contributed by atoms with Crippen LogP contribution in [0.3, 0.4) is 0 Å². The van der Waals surface area contributed by atoms with Crippen LogP contribution in [0.2, 0.25) is 0 Å². The molecule has 0 saturated carbocycles. The average Bonchev–Trinajstić information content (AvgIpc) is 2.65. The Hall–Kier alpha value is -2.62. The molecule has 0 radical (unpaired) electrons. The summed E-state index contributed by atoms with van der Waals surface area (Å²) in [5.74, 6) is -0.990. The SMILES string of the molecule is CN(C(=O)Cc1ccc2c(c1)C(C)(C)CCC2(C)C)c1ccc(C(=O)O)cc1. The molecule has 0 fully saturated rings. The largest absolute Gasteiger partial charge is 0.478 e. The molecule has 148 valence electrons. The number of carbonyl (C=O) groups excluding carboxylic acids is 1. The fourth-order valence-electron chi connectivity index (χ4n) is 4.01. The van der Waals surface area contributed by atoms with Crippen molar-refractivity contribution in [2.75, 3.05) is 11.9 Å². The molecule has 4 heteroatoms. The molecule has 2 aromatic rings. The fourth-order valence-corrected chi connectivity index (χ4v) is 4.01. The molecule has 2 aromatic carbocycles. The highest BCUT2D eigenvalue weighted by Gasteiger charge is 2.37. The van der Waals surface area contributed by atoms with Crippen LogP contribution >= 0.6 is 0 Å². The van der Waals surface area contributed by atoms with Gasteiger partial charge in [0.2, 0.25) is 5.91 Å². The highest BCUT2D eigenvalue weighted by molar-refractivity contribution is 5.95. The lowest BCUT2D eigenvalue weighted by Crippen LogP contribution is -2.34. The van der Waals surface area contributed by atoms with E-state index < -0.39 is 5.97 Å². The van der Waals surface area contributed by atoms with E-state index in [0.717, 1.165) is 12.0 Å². The van der Waals surface area contributed by atoms with Gasteiger partial charge >= 0.3 is 5.97 Å². The number of fused-ring (bicyclic) bond motifs is 1. The van der Waals surface area contributed by atoms with Gasteiger partial charge in [0.05, 0.1) is 12.0 Å². The second-order valence-corrected chi connectivity index (χ2v) is 9.13. The minimum absolute atomic E-state index is 0.0177. The van der Waals surface area contributed by atoms with Crippen LogP contribution in [-0.2, 0) is 22.0 Å². The van der Waals surface area contributed by atoms with Gasteiger partial charge in [-0.1, -0.05) is 45.9 Å². The van der Waals surface area contributed by atoms with Gasteiger partial charge in [0.25, 0.3) is 0 Å². The molecule has 0 aromatic heterocycles. The van der Waals surface area contributed by atoms with Crippen molar-refractivity contribution in [3.05, 3.63) is 64.7 Å². The Balaban J connectivity index is 1.82. The van der Waals surface area contributed by atoms with Gasteiger partial charge in [-0.3, -0.25) is 4.79 Å². The normalized spacial score (nSPS) is 16.9. The number of carboxylic acids is 1. The third-order valence-corrected chi connectivity index (χ3v) is 6.15. The summed E-state index contributed by atoms with van der Waals surface area (Å²) >= 11 is 0.